The molecule has 0 unspecified atom stereocenters. The Morgan fingerprint density at radius 3 is 2.11 bits per heavy atom. The molecule has 19 heavy (non-hydrogen) atoms. The number of hydrogen-bond donors (Lipinski definition) is 2. The van der Waals surface area contributed by atoms with Gasteiger partial charge in [-0.2, -0.15) is 0 Å². The van der Waals surface area contributed by atoms with Gasteiger partial charge in [0.25, 0.3) is 10.0 Å². The Morgan fingerprint density at radius 2 is 1.58 bits per heavy atom. The van der Waals surface area contributed by atoms with Crippen LogP contribution < -0.4 is 4.72 Å². The molecule has 0 saturated carbocycles. The zero-order chi connectivity index (χ0) is 13.9. The second-order valence-corrected chi connectivity index (χ2v) is 6.84. The summed E-state index contributed by atoms with van der Waals surface area (Å²) in [5, 5.41) is 8.93. The molecule has 0 amide bonds. The van der Waals surface area contributed by atoms with Gasteiger partial charge < -0.3 is 5.11 Å². The van der Waals surface area contributed by atoms with E-state index in [1.165, 1.54) is 12.1 Å². The highest BCUT2D eigenvalue weighted by molar-refractivity contribution is 14.1. The molecule has 0 aliphatic heterocycles. The molecule has 0 aliphatic carbocycles. The summed E-state index contributed by atoms with van der Waals surface area (Å²) in [7, 11) is -3.59. The summed E-state index contributed by atoms with van der Waals surface area (Å²) in [5.41, 5.74) is 1.19. The van der Waals surface area contributed by atoms with E-state index >= 15 is 0 Å². The van der Waals surface area contributed by atoms with E-state index in [-0.39, 0.29) is 11.5 Å². The van der Waals surface area contributed by atoms with Crippen LogP contribution in [-0.2, 0) is 16.6 Å². The van der Waals surface area contributed by atoms with Crippen molar-refractivity contribution in [3.05, 3.63) is 57.7 Å². The maximum absolute atomic E-state index is 12.1. The molecular weight excluding hydrogens is 377 g/mol. The largest absolute Gasteiger partial charge is 0.392 e. The van der Waals surface area contributed by atoms with Gasteiger partial charge >= 0.3 is 0 Å². The van der Waals surface area contributed by atoms with Crippen LogP contribution in [-0.4, -0.2) is 13.5 Å². The molecule has 2 N–H and O–H groups in total. The summed E-state index contributed by atoms with van der Waals surface area (Å²) in [5.74, 6) is 0. The van der Waals surface area contributed by atoms with Gasteiger partial charge in [-0.1, -0.05) is 12.1 Å². The summed E-state index contributed by atoms with van der Waals surface area (Å²) < 4.78 is 27.8. The quantitative estimate of drug-likeness (QED) is 0.791. The topological polar surface area (TPSA) is 66.4 Å². The van der Waals surface area contributed by atoms with Crippen molar-refractivity contribution in [2.24, 2.45) is 0 Å². The third kappa shape index (κ3) is 3.68. The second-order valence-electron chi connectivity index (χ2n) is 3.91. The lowest BCUT2D eigenvalue weighted by Crippen LogP contribution is -2.12. The van der Waals surface area contributed by atoms with E-state index in [9.17, 15) is 8.42 Å². The van der Waals surface area contributed by atoms with Gasteiger partial charge in [0, 0.05) is 9.26 Å². The van der Waals surface area contributed by atoms with E-state index in [1.807, 2.05) is 12.1 Å². The first-order valence-electron chi connectivity index (χ1n) is 5.49. The number of rotatable bonds is 4. The van der Waals surface area contributed by atoms with Crippen LogP contribution in [0, 0.1) is 3.57 Å². The van der Waals surface area contributed by atoms with Gasteiger partial charge in [0.2, 0.25) is 0 Å². The van der Waals surface area contributed by atoms with Crippen molar-refractivity contribution >= 4 is 38.3 Å². The van der Waals surface area contributed by atoms with E-state index in [1.54, 1.807) is 24.3 Å². The Bertz CT molecular complexity index is 651. The van der Waals surface area contributed by atoms with E-state index in [0.29, 0.717) is 11.3 Å². The second kappa shape index (κ2) is 5.89. The van der Waals surface area contributed by atoms with Crippen molar-refractivity contribution in [3.8, 4) is 0 Å². The highest BCUT2D eigenvalue weighted by Crippen LogP contribution is 2.17. The highest BCUT2D eigenvalue weighted by Gasteiger charge is 2.13. The molecule has 0 aliphatic rings. The average Bonchev–Trinajstić information content (AvgIpc) is 2.41. The highest BCUT2D eigenvalue weighted by atomic mass is 127. The normalized spacial score (nSPS) is 11.3. The first-order chi connectivity index (χ1) is 9.01. The molecule has 0 aromatic heterocycles. The van der Waals surface area contributed by atoms with Gasteiger partial charge in [0.1, 0.15) is 0 Å². The third-order valence-electron chi connectivity index (χ3n) is 2.51. The zero-order valence-corrected chi connectivity index (χ0v) is 12.8. The van der Waals surface area contributed by atoms with Crippen molar-refractivity contribution in [2.75, 3.05) is 4.72 Å². The summed E-state index contributed by atoms with van der Waals surface area (Å²) in [4.78, 5) is 0.170. The number of anilines is 1. The third-order valence-corrected chi connectivity index (χ3v) is 4.63. The fourth-order valence-electron chi connectivity index (χ4n) is 1.51. The number of aliphatic hydroxyl groups is 1. The number of hydrogen-bond acceptors (Lipinski definition) is 3. The molecule has 0 bridgehead atoms. The van der Waals surface area contributed by atoms with Crippen molar-refractivity contribution in [3.63, 3.8) is 0 Å². The molecule has 0 spiro atoms. The Balaban J connectivity index is 2.24. The summed E-state index contributed by atoms with van der Waals surface area (Å²) >= 11 is 2.15. The van der Waals surface area contributed by atoms with Crippen molar-refractivity contribution in [2.45, 2.75) is 11.5 Å². The summed E-state index contributed by atoms with van der Waals surface area (Å²) in [6.07, 6.45) is 0. The fraction of sp³-hybridized carbons (Fsp3) is 0.0769. The van der Waals surface area contributed by atoms with Gasteiger partial charge in [-0.15, -0.1) is 0 Å². The smallest absolute Gasteiger partial charge is 0.261 e. The van der Waals surface area contributed by atoms with E-state index in [2.05, 4.69) is 27.3 Å². The fourth-order valence-corrected chi connectivity index (χ4v) is 2.92. The van der Waals surface area contributed by atoms with Gasteiger partial charge in [0.05, 0.1) is 11.5 Å². The first kappa shape index (κ1) is 14.3. The van der Waals surface area contributed by atoms with Crippen molar-refractivity contribution < 1.29 is 13.5 Å². The predicted octanol–water partition coefficient (Wildman–Crippen LogP) is 2.58. The van der Waals surface area contributed by atoms with Crippen LogP contribution >= 0.6 is 22.6 Å². The van der Waals surface area contributed by atoms with E-state index in [0.717, 1.165) is 3.57 Å². The average molecular weight is 389 g/mol. The van der Waals surface area contributed by atoms with Gasteiger partial charge in [-0.3, -0.25) is 4.72 Å². The molecular formula is C13H12INO3S. The standard InChI is InChI=1S/C13H12INO3S/c14-11-3-5-12(6-4-11)15-19(17,18)13-7-1-10(9-16)2-8-13/h1-8,15-16H,9H2. The molecule has 6 heteroatoms. The first-order valence-corrected chi connectivity index (χ1v) is 8.05. The minimum Gasteiger partial charge on any atom is -0.392 e. The SMILES string of the molecule is O=S(=O)(Nc1ccc(I)cc1)c1ccc(CO)cc1. The van der Waals surface area contributed by atoms with Crippen LogP contribution in [0.5, 0.6) is 0 Å². The van der Waals surface area contributed by atoms with Gasteiger partial charge in [0.15, 0.2) is 0 Å². The van der Waals surface area contributed by atoms with Crippen molar-refractivity contribution in [1.29, 1.82) is 0 Å². The summed E-state index contributed by atoms with van der Waals surface area (Å²) in [6, 6.07) is 13.2. The minimum absolute atomic E-state index is 0.106. The maximum atomic E-state index is 12.1. The molecule has 100 valence electrons. The number of benzene rings is 2. The lowest BCUT2D eigenvalue weighted by Gasteiger charge is -2.08. The molecule has 0 fully saturated rings. The number of sulfonamides is 1. The van der Waals surface area contributed by atoms with Crippen LogP contribution in [0.4, 0.5) is 5.69 Å². The molecule has 4 nitrogen and oxygen atoms in total. The number of halogens is 1. The van der Waals surface area contributed by atoms with Crippen molar-refractivity contribution in [1.82, 2.24) is 0 Å². The minimum atomic E-state index is -3.59. The van der Waals surface area contributed by atoms with Crippen LogP contribution in [0.25, 0.3) is 0 Å². The molecule has 2 aromatic carbocycles. The Kier molecular flexibility index (Phi) is 4.43. The van der Waals surface area contributed by atoms with Crippen LogP contribution in [0.2, 0.25) is 0 Å². The molecule has 0 atom stereocenters. The molecule has 2 rings (SSSR count). The van der Waals surface area contributed by atoms with Crippen LogP contribution in [0.3, 0.4) is 0 Å². The monoisotopic (exact) mass is 389 g/mol. The Labute approximate surface area is 125 Å². The van der Waals surface area contributed by atoms with E-state index < -0.39 is 10.0 Å². The van der Waals surface area contributed by atoms with Crippen LogP contribution in [0.15, 0.2) is 53.4 Å². The lowest BCUT2D eigenvalue weighted by molar-refractivity contribution is 0.282. The number of aliphatic hydroxyl groups excluding tert-OH is 1. The number of nitrogens with one attached hydrogen (secondary N) is 1. The lowest BCUT2D eigenvalue weighted by atomic mass is 10.2. The molecule has 0 heterocycles. The molecule has 0 radical (unpaired) electrons. The van der Waals surface area contributed by atoms with Gasteiger partial charge in [-0.05, 0) is 64.6 Å². The Morgan fingerprint density at radius 1 is 1.00 bits per heavy atom. The van der Waals surface area contributed by atoms with E-state index in [4.69, 9.17) is 5.11 Å². The molecule has 0 saturated heterocycles. The zero-order valence-electron chi connectivity index (χ0n) is 9.88. The summed E-state index contributed by atoms with van der Waals surface area (Å²) in [6.45, 7) is -0.106. The van der Waals surface area contributed by atoms with Crippen LogP contribution in [0.1, 0.15) is 5.56 Å². The van der Waals surface area contributed by atoms with Gasteiger partial charge in [-0.25, -0.2) is 8.42 Å². The maximum Gasteiger partial charge on any atom is 0.261 e. The molecule has 2 aromatic rings. The predicted molar refractivity (Wildman–Crippen MR) is 82.3 cm³/mol. The Hall–Kier alpha value is -1.12.